The monoisotopic (exact) mass is 452 g/mol. The maximum Gasteiger partial charge on any atom is 0.413 e. The number of nitrogens with zero attached hydrogens (tertiary/aromatic N) is 4. The molecule has 2 aromatic heterocycles. The number of rotatable bonds is 6. The average Bonchev–Trinajstić information content (AvgIpc) is 3.03. The number of benzene rings is 1. The maximum atomic E-state index is 13.9. The number of ether oxygens (including phenoxy) is 1. The van der Waals surface area contributed by atoms with Gasteiger partial charge in [0.2, 0.25) is 10.0 Å². The van der Waals surface area contributed by atoms with Crippen LogP contribution in [0.5, 0.6) is 0 Å². The van der Waals surface area contributed by atoms with Gasteiger partial charge in [0, 0.05) is 12.6 Å². The molecule has 0 saturated carbocycles. The molecule has 0 spiro atoms. The molecular weight excluding hydrogens is 434 g/mol. The van der Waals surface area contributed by atoms with Crippen LogP contribution in [0.3, 0.4) is 0 Å². The molecule has 3 rings (SSSR count). The minimum atomic E-state index is -3.46. The van der Waals surface area contributed by atoms with E-state index in [1.54, 1.807) is 0 Å². The molecule has 0 aliphatic carbocycles. The Balaban J connectivity index is 1.76. The number of carbonyl (C=O) groups excluding carboxylic acids is 1. The van der Waals surface area contributed by atoms with Crippen LogP contribution in [0.25, 0.3) is 11.4 Å². The smallest absolute Gasteiger partial charge is 0.413 e. The third-order valence-corrected chi connectivity index (χ3v) is 4.64. The van der Waals surface area contributed by atoms with Crippen LogP contribution in [-0.2, 0) is 21.8 Å². The topological polar surface area (TPSA) is 128 Å². The molecule has 2 heterocycles. The zero-order chi connectivity index (χ0) is 22.8. The summed E-state index contributed by atoms with van der Waals surface area (Å²) in [7, 11) is -1.95. The number of anilines is 2. The molecule has 2 N–H and O–H groups in total. The van der Waals surface area contributed by atoms with Gasteiger partial charge in [0.15, 0.2) is 11.5 Å². The molecule has 164 valence electrons. The van der Waals surface area contributed by atoms with Crippen molar-refractivity contribution >= 4 is 27.6 Å². The van der Waals surface area contributed by atoms with Crippen LogP contribution < -0.4 is 10.0 Å². The van der Waals surface area contributed by atoms with E-state index in [0.29, 0.717) is 5.69 Å². The second-order valence-electron chi connectivity index (χ2n) is 6.55. The molecule has 3 aromatic rings. The van der Waals surface area contributed by atoms with Crippen molar-refractivity contribution in [1.82, 2.24) is 20.0 Å². The van der Waals surface area contributed by atoms with Crippen LogP contribution >= 0.6 is 0 Å². The number of hydrogen-bond acceptors (Lipinski definition) is 7. The number of nitrogens with one attached hydrogen (secondary N) is 2. The highest BCUT2D eigenvalue weighted by molar-refractivity contribution is 7.92. The Morgan fingerprint density at radius 2 is 1.97 bits per heavy atom. The largest absolute Gasteiger partial charge is 0.441 e. The van der Waals surface area contributed by atoms with Gasteiger partial charge in [-0.05, 0) is 37.3 Å². The molecular formula is C18H18F2N6O4S. The first-order valence-corrected chi connectivity index (χ1v) is 10.7. The zero-order valence-corrected chi connectivity index (χ0v) is 17.4. The Labute approximate surface area is 176 Å². The van der Waals surface area contributed by atoms with Gasteiger partial charge in [0.25, 0.3) is 0 Å². The van der Waals surface area contributed by atoms with Gasteiger partial charge in [-0.25, -0.2) is 26.7 Å². The first-order valence-electron chi connectivity index (χ1n) is 8.80. The summed E-state index contributed by atoms with van der Waals surface area (Å²) in [5.41, 5.74) is 0.616. The van der Waals surface area contributed by atoms with Crippen molar-refractivity contribution in [3.63, 3.8) is 0 Å². The number of halogens is 2. The van der Waals surface area contributed by atoms with Crippen molar-refractivity contribution in [3.8, 4) is 11.4 Å². The predicted molar refractivity (Wildman–Crippen MR) is 108 cm³/mol. The number of amides is 1. The minimum Gasteiger partial charge on any atom is -0.441 e. The van der Waals surface area contributed by atoms with E-state index in [1.807, 2.05) is 0 Å². The van der Waals surface area contributed by atoms with Crippen LogP contribution in [0.2, 0.25) is 0 Å². The second-order valence-corrected chi connectivity index (χ2v) is 8.30. The molecule has 0 radical (unpaired) electrons. The average molecular weight is 452 g/mol. The number of sulfonamides is 1. The molecule has 0 bridgehead atoms. The van der Waals surface area contributed by atoms with Crippen LogP contribution in [-0.4, -0.2) is 40.7 Å². The first kappa shape index (κ1) is 22.1. The normalized spacial score (nSPS) is 12.3. The van der Waals surface area contributed by atoms with Crippen LogP contribution in [0.15, 0.2) is 36.5 Å². The van der Waals surface area contributed by atoms with E-state index >= 15 is 0 Å². The van der Waals surface area contributed by atoms with E-state index in [-0.39, 0.29) is 22.8 Å². The summed E-state index contributed by atoms with van der Waals surface area (Å²) in [5, 5.41) is 10.2. The lowest BCUT2D eigenvalue weighted by Gasteiger charge is -2.15. The Morgan fingerprint density at radius 3 is 2.61 bits per heavy atom. The molecule has 31 heavy (non-hydrogen) atoms. The molecule has 1 aromatic carbocycles. The van der Waals surface area contributed by atoms with E-state index in [4.69, 9.17) is 4.74 Å². The van der Waals surface area contributed by atoms with Gasteiger partial charge in [0.05, 0.1) is 23.8 Å². The van der Waals surface area contributed by atoms with E-state index in [1.165, 1.54) is 37.0 Å². The van der Waals surface area contributed by atoms with Gasteiger partial charge in [-0.1, -0.05) is 5.21 Å². The lowest BCUT2D eigenvalue weighted by molar-refractivity contribution is 0.118. The van der Waals surface area contributed by atoms with Gasteiger partial charge in [0.1, 0.15) is 17.7 Å². The van der Waals surface area contributed by atoms with Crippen LogP contribution in [0.4, 0.5) is 25.1 Å². The third kappa shape index (κ3) is 5.51. The quantitative estimate of drug-likeness (QED) is 0.588. The Hall–Kier alpha value is -3.61. The standard InChI is InChI=1S/C18H18F2N6O4S/c1-10(13-8-11(19)4-6-14(13)20)30-18(27)22-17-16(23-25-26(17)2)15-7-5-12(9-21-15)24-31(3,28)29/h4-10,24H,1-3H3,(H,22,27)/t10-/m1/s1. The molecule has 0 aliphatic rings. The summed E-state index contributed by atoms with van der Waals surface area (Å²) in [6, 6.07) is 5.80. The fourth-order valence-corrected chi connectivity index (χ4v) is 3.20. The minimum absolute atomic E-state index is 0.117. The second kappa shape index (κ2) is 8.63. The summed E-state index contributed by atoms with van der Waals surface area (Å²) in [6.45, 7) is 1.40. The van der Waals surface area contributed by atoms with Crippen molar-refractivity contribution < 1.29 is 26.7 Å². The van der Waals surface area contributed by atoms with Crippen molar-refractivity contribution in [3.05, 3.63) is 53.7 Å². The summed E-state index contributed by atoms with van der Waals surface area (Å²) < 4.78 is 58.5. The lowest BCUT2D eigenvalue weighted by atomic mass is 10.1. The lowest BCUT2D eigenvalue weighted by Crippen LogP contribution is -2.19. The third-order valence-electron chi connectivity index (χ3n) is 4.04. The maximum absolute atomic E-state index is 13.9. The van der Waals surface area contributed by atoms with Crippen molar-refractivity contribution in [2.45, 2.75) is 13.0 Å². The Morgan fingerprint density at radius 1 is 1.23 bits per heavy atom. The summed E-state index contributed by atoms with van der Waals surface area (Å²) in [4.78, 5) is 16.4. The van der Waals surface area contributed by atoms with E-state index in [2.05, 4.69) is 25.3 Å². The number of hydrogen-bond donors (Lipinski definition) is 2. The molecule has 0 aliphatic heterocycles. The number of carbonyl (C=O) groups is 1. The van der Waals surface area contributed by atoms with Gasteiger partial charge >= 0.3 is 6.09 Å². The summed E-state index contributed by atoms with van der Waals surface area (Å²) >= 11 is 0. The van der Waals surface area contributed by atoms with E-state index < -0.39 is 33.9 Å². The fraction of sp³-hybridized carbons (Fsp3) is 0.222. The SMILES string of the molecule is C[C@@H](OC(=O)Nc1c(-c2ccc(NS(C)(=O)=O)cn2)nnn1C)c1cc(F)ccc1F. The number of pyridine rings is 1. The molecule has 0 saturated heterocycles. The van der Waals surface area contributed by atoms with Crippen molar-refractivity contribution in [2.75, 3.05) is 16.3 Å². The van der Waals surface area contributed by atoms with Crippen molar-refractivity contribution in [2.24, 2.45) is 7.05 Å². The summed E-state index contributed by atoms with van der Waals surface area (Å²) in [5.74, 6) is -1.24. The molecule has 0 fully saturated rings. The van der Waals surface area contributed by atoms with Crippen LogP contribution in [0, 0.1) is 11.6 Å². The van der Waals surface area contributed by atoms with E-state index in [9.17, 15) is 22.0 Å². The number of aryl methyl sites for hydroxylation is 1. The highest BCUT2D eigenvalue weighted by Crippen LogP contribution is 2.26. The molecule has 13 heteroatoms. The first-order chi connectivity index (χ1) is 14.5. The Kier molecular flexibility index (Phi) is 6.15. The number of aromatic nitrogens is 4. The summed E-state index contributed by atoms with van der Waals surface area (Å²) in [6.07, 6.45) is 0.272. The van der Waals surface area contributed by atoms with Crippen molar-refractivity contribution in [1.29, 1.82) is 0 Å². The fourth-order valence-electron chi connectivity index (χ4n) is 2.65. The predicted octanol–water partition coefficient (Wildman–Crippen LogP) is 2.84. The zero-order valence-electron chi connectivity index (χ0n) is 16.6. The van der Waals surface area contributed by atoms with Gasteiger partial charge in [-0.2, -0.15) is 0 Å². The van der Waals surface area contributed by atoms with Crippen LogP contribution in [0.1, 0.15) is 18.6 Å². The molecule has 0 unspecified atom stereocenters. The van der Waals surface area contributed by atoms with Gasteiger partial charge in [-0.15, -0.1) is 5.10 Å². The van der Waals surface area contributed by atoms with E-state index in [0.717, 1.165) is 24.5 Å². The molecule has 10 nitrogen and oxygen atoms in total. The molecule has 1 amide bonds. The highest BCUT2D eigenvalue weighted by atomic mass is 32.2. The molecule has 1 atom stereocenters. The Bertz CT molecular complexity index is 1210. The van der Waals surface area contributed by atoms with Gasteiger partial charge in [-0.3, -0.25) is 15.0 Å². The highest BCUT2D eigenvalue weighted by Gasteiger charge is 2.21. The van der Waals surface area contributed by atoms with Gasteiger partial charge < -0.3 is 4.74 Å².